The van der Waals surface area contributed by atoms with Crippen molar-refractivity contribution >= 4 is 32.5 Å². The molecule has 6 heteroatoms. The largest absolute Gasteiger partial charge is 0.296 e. The van der Waals surface area contributed by atoms with E-state index < -0.39 is 0 Å². The maximum Gasteiger partial charge on any atom is 0.261 e. The van der Waals surface area contributed by atoms with Crippen LogP contribution in [0.2, 0.25) is 0 Å². The summed E-state index contributed by atoms with van der Waals surface area (Å²) >= 11 is 3.45. The molecule has 3 aromatic heterocycles. The number of fused-ring (bicyclic) bond motifs is 3. The Morgan fingerprint density at radius 3 is 2.82 bits per heavy atom. The molecule has 0 aliphatic heterocycles. The number of hydrogen-bond donors (Lipinski definition) is 0. The summed E-state index contributed by atoms with van der Waals surface area (Å²) in [5.74, 6) is 0. The Labute approximate surface area is 134 Å². The van der Waals surface area contributed by atoms with Crippen LogP contribution in [0.3, 0.4) is 0 Å². The maximum atomic E-state index is 12.5. The van der Waals surface area contributed by atoms with Gasteiger partial charge in [-0.15, -0.1) is 0 Å². The van der Waals surface area contributed by atoms with Gasteiger partial charge in [-0.05, 0) is 30.3 Å². The van der Waals surface area contributed by atoms with Gasteiger partial charge in [0.05, 0.1) is 16.6 Å². The maximum absolute atomic E-state index is 12.5. The lowest BCUT2D eigenvalue weighted by molar-refractivity contribution is 0.850. The molecule has 3 heterocycles. The van der Waals surface area contributed by atoms with Gasteiger partial charge in [0.15, 0.2) is 0 Å². The lowest BCUT2D eigenvalue weighted by Gasteiger charge is -2.06. The molecule has 0 radical (unpaired) electrons. The number of nitrogens with zero attached hydrogens (tertiary/aromatic N) is 4. The molecular weight excluding hydrogens is 344 g/mol. The molecule has 0 saturated heterocycles. The van der Waals surface area contributed by atoms with Gasteiger partial charge >= 0.3 is 0 Å². The minimum Gasteiger partial charge on any atom is -0.296 e. The second-order valence-corrected chi connectivity index (χ2v) is 5.98. The van der Waals surface area contributed by atoms with Crippen LogP contribution in [0.15, 0.2) is 58.1 Å². The van der Waals surface area contributed by atoms with Gasteiger partial charge in [-0.25, -0.2) is 4.52 Å². The van der Waals surface area contributed by atoms with Crippen LogP contribution in [0.1, 0.15) is 0 Å². The van der Waals surface area contributed by atoms with Crippen molar-refractivity contribution < 1.29 is 0 Å². The monoisotopic (exact) mass is 354 g/mol. The van der Waals surface area contributed by atoms with E-state index in [-0.39, 0.29) is 5.56 Å². The summed E-state index contributed by atoms with van der Waals surface area (Å²) in [5, 5.41) is 5.29. The summed E-state index contributed by atoms with van der Waals surface area (Å²) in [6, 6.07) is 11.3. The molecule has 0 N–H and O–H groups in total. The molecule has 0 atom stereocenters. The lowest BCUT2D eigenvalue weighted by atomic mass is 10.2. The molecule has 5 nitrogen and oxygen atoms in total. The Morgan fingerprint density at radius 2 is 2.05 bits per heavy atom. The topological polar surface area (TPSA) is 52.2 Å². The Hall–Kier alpha value is -2.47. The molecule has 4 aromatic rings. The van der Waals surface area contributed by atoms with Gasteiger partial charge in [-0.1, -0.05) is 15.9 Å². The van der Waals surface area contributed by atoms with Crippen LogP contribution < -0.4 is 5.56 Å². The second kappa shape index (κ2) is 4.78. The SMILES string of the molecule is Cn1c(=O)c2ccc(Br)cc2n2nc(-c3cccnc3)cc12. The van der Waals surface area contributed by atoms with Gasteiger partial charge in [0.25, 0.3) is 5.56 Å². The summed E-state index contributed by atoms with van der Waals surface area (Å²) in [4.78, 5) is 16.6. The third-order valence-corrected chi connectivity index (χ3v) is 4.21. The number of hydrogen-bond acceptors (Lipinski definition) is 3. The molecule has 0 spiro atoms. The predicted octanol–water partition coefficient (Wildman–Crippen LogP) is 3.01. The summed E-state index contributed by atoms with van der Waals surface area (Å²) in [6.07, 6.45) is 3.49. The minimum atomic E-state index is -0.0346. The van der Waals surface area contributed by atoms with Crippen LogP contribution in [-0.4, -0.2) is 19.2 Å². The highest BCUT2D eigenvalue weighted by Crippen LogP contribution is 2.22. The van der Waals surface area contributed by atoms with Crippen LogP contribution >= 0.6 is 15.9 Å². The normalized spacial score (nSPS) is 11.4. The lowest BCUT2D eigenvalue weighted by Crippen LogP contribution is -2.19. The first-order valence-electron chi connectivity index (χ1n) is 6.73. The van der Waals surface area contributed by atoms with E-state index in [9.17, 15) is 4.79 Å². The number of aryl methyl sites for hydroxylation is 1. The van der Waals surface area contributed by atoms with Crippen LogP contribution in [0.5, 0.6) is 0 Å². The third kappa shape index (κ3) is 1.88. The number of benzene rings is 1. The summed E-state index contributed by atoms with van der Waals surface area (Å²) in [5.41, 5.74) is 3.20. The zero-order valence-corrected chi connectivity index (χ0v) is 13.3. The fourth-order valence-corrected chi connectivity index (χ4v) is 2.94. The molecule has 0 bridgehead atoms. The van der Waals surface area contributed by atoms with Gasteiger partial charge in [-0.3, -0.25) is 14.3 Å². The van der Waals surface area contributed by atoms with E-state index in [0.29, 0.717) is 5.39 Å². The van der Waals surface area contributed by atoms with Gasteiger partial charge in [0, 0.05) is 35.5 Å². The highest BCUT2D eigenvalue weighted by atomic mass is 79.9. The van der Waals surface area contributed by atoms with Crippen LogP contribution in [0.25, 0.3) is 27.8 Å². The summed E-state index contributed by atoms with van der Waals surface area (Å²) < 4.78 is 4.32. The molecular formula is C16H11BrN4O. The number of halogens is 1. The summed E-state index contributed by atoms with van der Waals surface area (Å²) in [7, 11) is 1.76. The fourth-order valence-electron chi connectivity index (χ4n) is 2.59. The van der Waals surface area contributed by atoms with Crippen molar-refractivity contribution in [1.29, 1.82) is 0 Å². The molecule has 1 aromatic carbocycles. The molecule has 108 valence electrons. The summed E-state index contributed by atoms with van der Waals surface area (Å²) in [6.45, 7) is 0. The van der Waals surface area contributed by atoms with Crippen LogP contribution in [0, 0.1) is 0 Å². The second-order valence-electron chi connectivity index (χ2n) is 5.07. The highest BCUT2D eigenvalue weighted by Gasteiger charge is 2.13. The molecule has 0 fully saturated rings. The molecule has 0 unspecified atom stereocenters. The quantitative estimate of drug-likeness (QED) is 0.528. The van der Waals surface area contributed by atoms with Crippen LogP contribution in [0.4, 0.5) is 0 Å². The Morgan fingerprint density at radius 1 is 1.18 bits per heavy atom. The van der Waals surface area contributed by atoms with Gasteiger partial charge in [0.1, 0.15) is 5.65 Å². The van der Waals surface area contributed by atoms with Gasteiger partial charge in [0.2, 0.25) is 0 Å². The molecule has 0 amide bonds. The van der Waals surface area contributed by atoms with Crippen LogP contribution in [-0.2, 0) is 7.05 Å². The Kier molecular flexibility index (Phi) is 2.87. The van der Waals surface area contributed by atoms with Crippen molar-refractivity contribution in [2.24, 2.45) is 7.05 Å². The Balaban J connectivity index is 2.15. The van der Waals surface area contributed by atoms with E-state index in [2.05, 4.69) is 26.0 Å². The smallest absolute Gasteiger partial charge is 0.261 e. The van der Waals surface area contributed by atoms with Crippen molar-refractivity contribution in [3.05, 3.63) is 63.6 Å². The van der Waals surface area contributed by atoms with Crippen molar-refractivity contribution in [3.8, 4) is 11.3 Å². The van der Waals surface area contributed by atoms with Gasteiger partial charge in [-0.2, -0.15) is 5.10 Å². The fraction of sp³-hybridized carbons (Fsp3) is 0.0625. The zero-order valence-electron chi connectivity index (χ0n) is 11.7. The van der Waals surface area contributed by atoms with Gasteiger partial charge < -0.3 is 0 Å². The third-order valence-electron chi connectivity index (χ3n) is 3.71. The molecule has 0 aliphatic carbocycles. The highest BCUT2D eigenvalue weighted by molar-refractivity contribution is 9.10. The molecule has 4 rings (SSSR count). The van der Waals surface area contributed by atoms with E-state index in [4.69, 9.17) is 0 Å². The number of pyridine rings is 1. The molecule has 22 heavy (non-hydrogen) atoms. The van der Waals surface area contributed by atoms with Crippen molar-refractivity contribution in [2.75, 3.05) is 0 Å². The molecule has 0 aliphatic rings. The number of rotatable bonds is 1. The first-order valence-corrected chi connectivity index (χ1v) is 7.53. The standard InChI is InChI=1S/C16H11BrN4O/c1-20-15-8-13(10-3-2-6-18-9-10)19-21(15)14-7-11(17)4-5-12(14)16(20)22/h2-9H,1H3. The van der Waals surface area contributed by atoms with Crippen molar-refractivity contribution in [3.63, 3.8) is 0 Å². The average Bonchev–Trinajstić information content (AvgIpc) is 2.99. The van der Waals surface area contributed by atoms with E-state index in [1.165, 1.54) is 0 Å². The zero-order chi connectivity index (χ0) is 15.3. The van der Waals surface area contributed by atoms with Crippen molar-refractivity contribution in [1.82, 2.24) is 19.2 Å². The minimum absolute atomic E-state index is 0.0346. The van der Waals surface area contributed by atoms with Crippen molar-refractivity contribution in [2.45, 2.75) is 0 Å². The molecule has 0 saturated carbocycles. The first kappa shape index (κ1) is 13.2. The predicted molar refractivity (Wildman–Crippen MR) is 88.9 cm³/mol. The van der Waals surface area contributed by atoms with E-state index in [1.54, 1.807) is 28.5 Å². The average molecular weight is 355 g/mol. The van der Waals surface area contributed by atoms with E-state index in [1.807, 2.05) is 36.4 Å². The Bertz CT molecular complexity index is 1070. The number of aromatic nitrogens is 4. The van der Waals surface area contributed by atoms with E-state index >= 15 is 0 Å². The van der Waals surface area contributed by atoms with E-state index in [0.717, 1.165) is 26.9 Å². The first-order chi connectivity index (χ1) is 10.6.